The van der Waals surface area contributed by atoms with E-state index < -0.39 is 0 Å². The normalized spacial score (nSPS) is 25.5. The molecule has 16 heavy (non-hydrogen) atoms. The summed E-state index contributed by atoms with van der Waals surface area (Å²) in [5, 5.41) is 3.65. The maximum absolute atomic E-state index is 3.65. The van der Waals surface area contributed by atoms with Crippen LogP contribution in [-0.2, 0) is 0 Å². The second-order valence-corrected chi connectivity index (χ2v) is 6.14. The van der Waals surface area contributed by atoms with E-state index >= 15 is 0 Å². The molecule has 2 heteroatoms. The maximum atomic E-state index is 3.65. The molecule has 0 spiro atoms. The summed E-state index contributed by atoms with van der Waals surface area (Å²) in [4.78, 5) is 2.57. The molecule has 2 rings (SSSR count). The molecule has 0 heterocycles. The van der Waals surface area contributed by atoms with E-state index in [4.69, 9.17) is 0 Å². The van der Waals surface area contributed by atoms with Crippen molar-refractivity contribution in [2.75, 3.05) is 20.1 Å². The number of nitrogens with zero attached hydrogens (tertiary/aromatic N) is 1. The second-order valence-electron chi connectivity index (χ2n) is 6.14. The Hall–Kier alpha value is -0.0800. The predicted octanol–water partition coefficient (Wildman–Crippen LogP) is 2.49. The van der Waals surface area contributed by atoms with Gasteiger partial charge in [-0.1, -0.05) is 13.3 Å². The van der Waals surface area contributed by atoms with Crippen molar-refractivity contribution in [3.05, 3.63) is 0 Å². The van der Waals surface area contributed by atoms with Gasteiger partial charge < -0.3 is 10.2 Å². The smallest absolute Gasteiger partial charge is 0.0102 e. The van der Waals surface area contributed by atoms with Crippen molar-refractivity contribution in [3.8, 4) is 0 Å². The molecule has 2 saturated carbocycles. The number of rotatable bonds is 7. The molecule has 2 aliphatic rings. The highest BCUT2D eigenvalue weighted by atomic mass is 15.1. The summed E-state index contributed by atoms with van der Waals surface area (Å²) in [5.41, 5.74) is 0. The van der Waals surface area contributed by atoms with Crippen LogP contribution in [0.5, 0.6) is 0 Å². The third-order valence-electron chi connectivity index (χ3n) is 4.60. The van der Waals surface area contributed by atoms with Gasteiger partial charge in [-0.2, -0.15) is 0 Å². The third kappa shape index (κ3) is 3.46. The average Bonchev–Trinajstić information content (AvgIpc) is 3.02. The third-order valence-corrected chi connectivity index (χ3v) is 4.60. The minimum absolute atomic E-state index is 0.715. The van der Waals surface area contributed by atoms with Crippen LogP contribution in [0.4, 0.5) is 0 Å². The van der Waals surface area contributed by atoms with Crippen molar-refractivity contribution < 1.29 is 0 Å². The quantitative estimate of drug-likeness (QED) is 0.715. The van der Waals surface area contributed by atoms with Gasteiger partial charge in [0.2, 0.25) is 0 Å². The van der Waals surface area contributed by atoms with Gasteiger partial charge in [0.1, 0.15) is 0 Å². The first-order valence-corrected chi connectivity index (χ1v) is 7.10. The summed E-state index contributed by atoms with van der Waals surface area (Å²) in [6.45, 7) is 7.28. The van der Waals surface area contributed by atoms with E-state index in [1.54, 1.807) is 0 Å². The van der Waals surface area contributed by atoms with Gasteiger partial charge in [0, 0.05) is 18.6 Å². The molecule has 0 aromatic heterocycles. The molecule has 0 bridgehead atoms. The highest BCUT2D eigenvalue weighted by Crippen LogP contribution is 2.28. The average molecular weight is 224 g/mol. The largest absolute Gasteiger partial charge is 0.314 e. The van der Waals surface area contributed by atoms with E-state index in [0.717, 1.165) is 17.9 Å². The molecule has 2 aliphatic carbocycles. The summed E-state index contributed by atoms with van der Waals surface area (Å²) < 4.78 is 0. The van der Waals surface area contributed by atoms with Crippen molar-refractivity contribution in [2.24, 2.45) is 11.8 Å². The van der Waals surface area contributed by atoms with E-state index in [-0.39, 0.29) is 0 Å². The van der Waals surface area contributed by atoms with Crippen molar-refractivity contribution in [1.29, 1.82) is 0 Å². The van der Waals surface area contributed by atoms with Crippen molar-refractivity contribution in [1.82, 2.24) is 10.2 Å². The summed E-state index contributed by atoms with van der Waals surface area (Å²) in [6, 6.07) is 1.57. The van der Waals surface area contributed by atoms with Crippen molar-refractivity contribution in [2.45, 2.75) is 58.0 Å². The van der Waals surface area contributed by atoms with E-state index in [1.807, 2.05) is 0 Å². The van der Waals surface area contributed by atoms with Gasteiger partial charge in [0.25, 0.3) is 0 Å². The van der Waals surface area contributed by atoms with Gasteiger partial charge in [0.15, 0.2) is 0 Å². The minimum atomic E-state index is 0.715. The van der Waals surface area contributed by atoms with Crippen molar-refractivity contribution in [3.63, 3.8) is 0 Å². The Morgan fingerprint density at radius 2 is 1.88 bits per heavy atom. The van der Waals surface area contributed by atoms with Gasteiger partial charge >= 0.3 is 0 Å². The highest BCUT2D eigenvalue weighted by Gasteiger charge is 2.25. The van der Waals surface area contributed by atoms with Crippen LogP contribution < -0.4 is 5.32 Å². The number of hydrogen-bond donors (Lipinski definition) is 1. The van der Waals surface area contributed by atoms with Crippen LogP contribution in [0, 0.1) is 11.8 Å². The Bertz CT molecular complexity index is 209. The Morgan fingerprint density at radius 1 is 1.19 bits per heavy atom. The van der Waals surface area contributed by atoms with Crippen LogP contribution in [0.15, 0.2) is 0 Å². The molecular formula is C14H28N2. The lowest BCUT2D eigenvalue weighted by Gasteiger charge is -2.36. The fraction of sp³-hybridized carbons (Fsp3) is 1.00. The fourth-order valence-corrected chi connectivity index (χ4v) is 2.49. The van der Waals surface area contributed by atoms with Gasteiger partial charge in [-0.05, 0) is 58.0 Å². The van der Waals surface area contributed by atoms with Crippen molar-refractivity contribution >= 4 is 0 Å². The number of hydrogen-bond acceptors (Lipinski definition) is 2. The van der Waals surface area contributed by atoms with E-state index in [2.05, 4.69) is 31.1 Å². The Kier molecular flexibility index (Phi) is 4.26. The molecule has 2 fully saturated rings. The molecule has 94 valence electrons. The molecule has 0 aromatic rings. The first-order valence-electron chi connectivity index (χ1n) is 7.10. The molecule has 0 aliphatic heterocycles. The second kappa shape index (κ2) is 5.50. The molecule has 1 N–H and O–H groups in total. The zero-order valence-electron chi connectivity index (χ0n) is 11.2. The van der Waals surface area contributed by atoms with Crippen LogP contribution in [0.25, 0.3) is 0 Å². The molecule has 0 amide bonds. The van der Waals surface area contributed by atoms with Crippen LogP contribution in [-0.4, -0.2) is 37.1 Å². The van der Waals surface area contributed by atoms with Gasteiger partial charge in [-0.25, -0.2) is 0 Å². The molecule has 0 aromatic carbocycles. The fourth-order valence-electron chi connectivity index (χ4n) is 2.49. The van der Waals surface area contributed by atoms with Gasteiger partial charge in [-0.15, -0.1) is 0 Å². The lowest BCUT2D eigenvalue weighted by Crippen LogP contribution is -2.42. The Morgan fingerprint density at radius 3 is 2.38 bits per heavy atom. The van der Waals surface area contributed by atoms with E-state index in [9.17, 15) is 0 Å². The van der Waals surface area contributed by atoms with Crippen LogP contribution in [0.3, 0.4) is 0 Å². The lowest BCUT2D eigenvalue weighted by atomic mass is 9.84. The van der Waals surface area contributed by atoms with Gasteiger partial charge in [-0.3, -0.25) is 0 Å². The SMILES string of the molecule is CC(CNC1CC1)C(C)N(C)CC1CCC1. The Balaban J connectivity index is 1.64. The standard InChI is InChI=1S/C14H28N2/c1-11(9-15-14-7-8-14)12(2)16(3)10-13-5-4-6-13/h11-15H,4-10H2,1-3H3. The summed E-state index contributed by atoms with van der Waals surface area (Å²) in [6.07, 6.45) is 7.20. The van der Waals surface area contributed by atoms with E-state index in [0.29, 0.717) is 6.04 Å². The van der Waals surface area contributed by atoms with Crippen LogP contribution >= 0.6 is 0 Å². The van der Waals surface area contributed by atoms with Gasteiger partial charge in [0.05, 0.1) is 0 Å². The predicted molar refractivity (Wildman–Crippen MR) is 69.6 cm³/mol. The maximum Gasteiger partial charge on any atom is 0.0102 e. The Labute approximate surface area is 101 Å². The lowest BCUT2D eigenvalue weighted by molar-refractivity contribution is 0.138. The van der Waals surface area contributed by atoms with Crippen LogP contribution in [0.2, 0.25) is 0 Å². The summed E-state index contributed by atoms with van der Waals surface area (Å²) in [7, 11) is 2.30. The van der Waals surface area contributed by atoms with Crippen LogP contribution in [0.1, 0.15) is 46.0 Å². The topological polar surface area (TPSA) is 15.3 Å². The molecular weight excluding hydrogens is 196 g/mol. The monoisotopic (exact) mass is 224 g/mol. The summed E-state index contributed by atoms with van der Waals surface area (Å²) >= 11 is 0. The molecule has 2 atom stereocenters. The highest BCUT2D eigenvalue weighted by molar-refractivity contribution is 4.83. The summed E-state index contributed by atoms with van der Waals surface area (Å²) in [5.74, 6) is 1.77. The molecule has 0 saturated heterocycles. The zero-order valence-corrected chi connectivity index (χ0v) is 11.2. The first-order chi connectivity index (χ1) is 7.66. The molecule has 0 radical (unpaired) electrons. The molecule has 2 unspecified atom stereocenters. The number of nitrogens with one attached hydrogen (secondary N) is 1. The minimum Gasteiger partial charge on any atom is -0.314 e. The van der Waals surface area contributed by atoms with E-state index in [1.165, 1.54) is 45.2 Å². The molecule has 2 nitrogen and oxygen atoms in total. The zero-order chi connectivity index (χ0) is 11.5. The first kappa shape index (κ1) is 12.4.